The zero-order valence-corrected chi connectivity index (χ0v) is 23.5. The number of hydrogen-bond acceptors (Lipinski definition) is 4. The van der Waals surface area contributed by atoms with Gasteiger partial charge >= 0.3 is 6.09 Å². The minimum atomic E-state index is -0.872. The Kier molecular flexibility index (Phi) is 8.54. The number of aromatic amines is 1. The van der Waals surface area contributed by atoms with E-state index in [4.69, 9.17) is 0 Å². The van der Waals surface area contributed by atoms with Gasteiger partial charge in [0.25, 0.3) is 11.5 Å². The molecule has 0 unspecified atom stereocenters. The maximum absolute atomic E-state index is 13.0. The molecule has 36 heavy (non-hydrogen) atoms. The number of anilines is 1. The van der Waals surface area contributed by atoms with E-state index in [1.165, 1.54) is 0 Å². The maximum Gasteiger partial charge on any atom is 0.407 e. The van der Waals surface area contributed by atoms with Crippen LogP contribution < -0.4 is 16.2 Å². The van der Waals surface area contributed by atoms with Crippen molar-refractivity contribution in [2.45, 2.75) is 91.4 Å². The van der Waals surface area contributed by atoms with Crippen LogP contribution in [0.1, 0.15) is 79.2 Å². The summed E-state index contributed by atoms with van der Waals surface area (Å²) in [6, 6.07) is 5.81. The summed E-state index contributed by atoms with van der Waals surface area (Å²) in [5, 5.41) is 16.2. The molecule has 196 valence electrons. The predicted molar refractivity (Wildman–Crippen MR) is 146 cm³/mol. The lowest BCUT2D eigenvalue weighted by molar-refractivity contribution is 0.0556. The number of rotatable bonds is 6. The number of amides is 2. The molecule has 1 aromatic heterocycles. The normalized spacial score (nSPS) is 18.0. The molecule has 0 saturated heterocycles. The number of aromatic nitrogens is 1. The average molecular weight is 562 g/mol. The van der Waals surface area contributed by atoms with Gasteiger partial charge in [-0.15, -0.1) is 0 Å². The second kappa shape index (κ2) is 11.1. The number of carboxylic acid groups (broad SMARTS) is 1. The number of hydrogen-bond donors (Lipinski definition) is 4. The van der Waals surface area contributed by atoms with E-state index < -0.39 is 11.6 Å². The van der Waals surface area contributed by atoms with Crippen LogP contribution in [0.4, 0.5) is 10.5 Å². The van der Waals surface area contributed by atoms with Gasteiger partial charge in [-0.25, -0.2) is 4.79 Å². The number of nitrogens with one attached hydrogen (secondary N) is 3. The Morgan fingerprint density at radius 1 is 1.11 bits per heavy atom. The zero-order chi connectivity index (χ0) is 26.8. The van der Waals surface area contributed by atoms with Gasteiger partial charge in [-0.3, -0.25) is 9.59 Å². The van der Waals surface area contributed by atoms with Gasteiger partial charge in [0.05, 0.1) is 0 Å². The monoisotopic (exact) mass is 560 g/mol. The molecule has 2 amide bonds. The Morgan fingerprint density at radius 3 is 2.33 bits per heavy atom. The van der Waals surface area contributed by atoms with E-state index in [-0.39, 0.29) is 30.1 Å². The third-order valence-corrected chi connectivity index (χ3v) is 8.23. The van der Waals surface area contributed by atoms with Crippen molar-refractivity contribution in [3.05, 3.63) is 61.0 Å². The Bertz CT molecular complexity index is 1190. The summed E-state index contributed by atoms with van der Waals surface area (Å²) in [7, 11) is 0. The topological polar surface area (TPSA) is 115 Å². The highest BCUT2D eigenvalue weighted by Gasteiger charge is 2.35. The summed E-state index contributed by atoms with van der Waals surface area (Å²) >= 11 is 3.49. The van der Waals surface area contributed by atoms with Crippen molar-refractivity contribution in [3.8, 4) is 0 Å². The minimum Gasteiger partial charge on any atom is -0.465 e. The molecule has 1 aliphatic rings. The lowest BCUT2D eigenvalue weighted by Gasteiger charge is -2.43. The molecule has 3 rings (SSSR count). The largest absolute Gasteiger partial charge is 0.465 e. The Morgan fingerprint density at radius 2 is 1.75 bits per heavy atom. The van der Waals surface area contributed by atoms with Crippen molar-refractivity contribution in [3.63, 3.8) is 0 Å². The molecule has 0 radical (unpaired) electrons. The van der Waals surface area contributed by atoms with E-state index in [0.717, 1.165) is 52.7 Å². The van der Waals surface area contributed by atoms with Crippen LogP contribution in [-0.2, 0) is 6.54 Å². The first-order chi connectivity index (χ1) is 16.8. The molecule has 0 bridgehead atoms. The fourth-order valence-corrected chi connectivity index (χ4v) is 5.43. The number of pyridine rings is 1. The zero-order valence-electron chi connectivity index (χ0n) is 21.9. The molecular weight excluding hydrogens is 524 g/mol. The van der Waals surface area contributed by atoms with Crippen molar-refractivity contribution in [1.82, 2.24) is 15.2 Å². The van der Waals surface area contributed by atoms with E-state index in [9.17, 15) is 19.5 Å². The summed E-state index contributed by atoms with van der Waals surface area (Å²) in [6.07, 6.45) is 2.42. The van der Waals surface area contributed by atoms with Crippen LogP contribution in [0, 0.1) is 20.8 Å². The van der Waals surface area contributed by atoms with E-state index in [0.29, 0.717) is 11.1 Å². The highest BCUT2D eigenvalue weighted by atomic mass is 79.9. The predicted octanol–water partition coefficient (Wildman–Crippen LogP) is 5.49. The number of halogens is 1. The molecule has 0 aliphatic heterocycles. The second-order valence-electron chi connectivity index (χ2n) is 10.6. The van der Waals surface area contributed by atoms with Crippen LogP contribution in [-0.4, -0.2) is 44.6 Å². The molecule has 2 aromatic rings. The highest BCUT2D eigenvalue weighted by molar-refractivity contribution is 9.10. The molecule has 1 aromatic carbocycles. The number of carbonyl (C=O) groups is 2. The first kappa shape index (κ1) is 27.8. The van der Waals surface area contributed by atoms with Crippen molar-refractivity contribution in [2.24, 2.45) is 0 Å². The molecule has 0 spiro atoms. The molecule has 1 saturated carbocycles. The summed E-state index contributed by atoms with van der Waals surface area (Å²) in [5.41, 5.74) is 3.74. The van der Waals surface area contributed by atoms with Gasteiger partial charge in [-0.05, 0) is 106 Å². The molecule has 1 fully saturated rings. The molecule has 0 atom stereocenters. The van der Waals surface area contributed by atoms with E-state index in [2.05, 4.69) is 31.5 Å². The number of H-pyrrole nitrogens is 1. The lowest BCUT2D eigenvalue weighted by Crippen LogP contribution is -2.52. The number of carbonyl (C=O) groups excluding carboxylic acids is 1. The molecule has 9 heteroatoms. The van der Waals surface area contributed by atoms with Gasteiger partial charge < -0.3 is 25.6 Å². The molecule has 1 heterocycles. The fourth-order valence-electron chi connectivity index (χ4n) is 5.09. The third-order valence-electron chi connectivity index (χ3n) is 7.04. The van der Waals surface area contributed by atoms with Crippen LogP contribution in [0.25, 0.3) is 0 Å². The summed E-state index contributed by atoms with van der Waals surface area (Å²) in [5.74, 6) is -0.238. The van der Waals surface area contributed by atoms with Gasteiger partial charge in [0, 0.05) is 51.1 Å². The molecule has 8 nitrogen and oxygen atoms in total. The Balaban J connectivity index is 1.66. The van der Waals surface area contributed by atoms with E-state index >= 15 is 0 Å². The maximum atomic E-state index is 13.0. The first-order valence-corrected chi connectivity index (χ1v) is 13.1. The van der Waals surface area contributed by atoms with Gasteiger partial charge in [0.15, 0.2) is 0 Å². The highest BCUT2D eigenvalue weighted by Crippen LogP contribution is 2.31. The van der Waals surface area contributed by atoms with Crippen LogP contribution in [0.5, 0.6) is 0 Å². The summed E-state index contributed by atoms with van der Waals surface area (Å²) in [6.45, 7) is 11.5. The SMILES string of the molecule is Cc1[nH]c(=O)c(CNC(=O)c2cccc(NC3CCC(N(C(=O)O)C(C)(C)C)CC3)c2C)c(C)c1Br. The van der Waals surface area contributed by atoms with Crippen molar-refractivity contribution >= 4 is 33.6 Å². The lowest BCUT2D eigenvalue weighted by atomic mass is 9.87. The van der Waals surface area contributed by atoms with Crippen molar-refractivity contribution < 1.29 is 14.7 Å². The second-order valence-corrected chi connectivity index (χ2v) is 11.4. The fraction of sp³-hybridized carbons (Fsp3) is 0.519. The quantitative estimate of drug-likeness (QED) is 0.372. The van der Waals surface area contributed by atoms with Crippen LogP contribution >= 0.6 is 15.9 Å². The molecule has 1 aliphatic carbocycles. The van der Waals surface area contributed by atoms with Gasteiger partial charge in [-0.2, -0.15) is 0 Å². The Hall–Kier alpha value is -2.81. The van der Waals surface area contributed by atoms with Gasteiger partial charge in [-0.1, -0.05) is 6.07 Å². The van der Waals surface area contributed by atoms with Gasteiger partial charge in [0.2, 0.25) is 0 Å². The van der Waals surface area contributed by atoms with Crippen LogP contribution in [0.2, 0.25) is 0 Å². The summed E-state index contributed by atoms with van der Waals surface area (Å²) < 4.78 is 0.831. The smallest absolute Gasteiger partial charge is 0.407 e. The third kappa shape index (κ3) is 6.11. The molecular formula is C27H37BrN4O4. The minimum absolute atomic E-state index is 0.00665. The van der Waals surface area contributed by atoms with Crippen molar-refractivity contribution in [2.75, 3.05) is 5.32 Å². The van der Waals surface area contributed by atoms with Crippen LogP contribution in [0.15, 0.2) is 27.5 Å². The first-order valence-electron chi connectivity index (χ1n) is 12.4. The van der Waals surface area contributed by atoms with Gasteiger partial charge in [0.1, 0.15) is 0 Å². The summed E-state index contributed by atoms with van der Waals surface area (Å²) in [4.78, 5) is 41.6. The van der Waals surface area contributed by atoms with Crippen molar-refractivity contribution in [1.29, 1.82) is 0 Å². The van der Waals surface area contributed by atoms with Crippen LogP contribution in [0.3, 0.4) is 0 Å². The standard InChI is InChI=1S/C27H37BrN4O4/c1-15-20(24(33)29-14-21-16(2)23(28)17(3)30-25(21)34)8-7-9-22(15)31-18-10-12-19(13-11-18)32(26(35)36)27(4,5)6/h7-9,18-19,31H,10-14H2,1-6H3,(H,29,33)(H,30,34)(H,35,36). The number of nitrogens with zero attached hydrogens (tertiary/aromatic N) is 1. The number of aryl methyl sites for hydroxylation is 1. The van der Waals surface area contributed by atoms with E-state index in [1.807, 2.05) is 53.7 Å². The number of benzene rings is 1. The average Bonchev–Trinajstić information content (AvgIpc) is 2.78. The Labute approximate surface area is 221 Å². The molecule has 4 N–H and O–H groups in total. The van der Waals surface area contributed by atoms with E-state index in [1.54, 1.807) is 11.0 Å².